The number of hydrogen-bond donors (Lipinski definition) is 1. The molecule has 10 heteroatoms. The first kappa shape index (κ1) is 23.5. The molecular weight excluding hydrogens is 452 g/mol. The highest BCUT2D eigenvalue weighted by Crippen LogP contribution is 2.28. The van der Waals surface area contributed by atoms with Gasteiger partial charge < -0.3 is 19.0 Å². The van der Waals surface area contributed by atoms with Gasteiger partial charge in [0.2, 0.25) is 11.8 Å². The van der Waals surface area contributed by atoms with Crippen molar-refractivity contribution in [1.29, 1.82) is 5.26 Å². The van der Waals surface area contributed by atoms with E-state index in [1.54, 1.807) is 29.7 Å². The van der Waals surface area contributed by atoms with Gasteiger partial charge in [0, 0.05) is 18.5 Å². The monoisotopic (exact) mass is 474 g/mol. The van der Waals surface area contributed by atoms with Crippen LogP contribution in [0.3, 0.4) is 0 Å². The molecule has 35 heavy (non-hydrogen) atoms. The first-order valence-corrected chi connectivity index (χ1v) is 10.8. The lowest BCUT2D eigenvalue weighted by Gasteiger charge is -2.15. The number of carbonyl (C=O) groups is 4. The molecule has 0 saturated carbocycles. The second-order valence-electron chi connectivity index (χ2n) is 8.01. The summed E-state index contributed by atoms with van der Waals surface area (Å²) in [7, 11) is 0. The van der Waals surface area contributed by atoms with Crippen molar-refractivity contribution in [3.8, 4) is 6.07 Å². The Bertz CT molecular complexity index is 1350. The minimum absolute atomic E-state index is 0.0911. The highest BCUT2D eigenvalue weighted by molar-refractivity contribution is 6.20. The molecule has 3 heterocycles. The fourth-order valence-electron chi connectivity index (χ4n) is 3.91. The van der Waals surface area contributed by atoms with Gasteiger partial charge in [-0.2, -0.15) is 5.26 Å². The Labute approximate surface area is 200 Å². The number of carbonyl (C=O) groups excluding carboxylic acids is 4. The zero-order valence-electron chi connectivity index (χ0n) is 19.2. The third-order valence-corrected chi connectivity index (χ3v) is 5.82. The standard InChI is InChI=1S/C25H22N4O6/c1-15-16(2)28(13-19-7-4-10-34-19)24(20(15)12-26)27-21(30)14-35-25(33)17-5-3-6-18(11-17)29-22(31)8-9-23(29)32/h3-7,10-11H,8-9,13-14H2,1-2H3,(H,27,30). The number of imide groups is 1. The number of ether oxygens (including phenoxy) is 1. The number of furan rings is 1. The van der Waals surface area contributed by atoms with Crippen LogP contribution in [0, 0.1) is 25.2 Å². The Morgan fingerprint density at radius 2 is 1.89 bits per heavy atom. The number of anilines is 2. The van der Waals surface area contributed by atoms with Gasteiger partial charge in [-0.15, -0.1) is 0 Å². The number of hydrogen-bond acceptors (Lipinski definition) is 7. The van der Waals surface area contributed by atoms with E-state index in [1.165, 1.54) is 24.5 Å². The number of esters is 1. The average Bonchev–Trinajstić information content (AvgIpc) is 3.54. The number of nitrogens with one attached hydrogen (secondary N) is 1. The highest BCUT2D eigenvalue weighted by atomic mass is 16.5. The van der Waals surface area contributed by atoms with E-state index >= 15 is 0 Å². The highest BCUT2D eigenvalue weighted by Gasteiger charge is 2.30. The molecule has 0 bridgehead atoms. The summed E-state index contributed by atoms with van der Waals surface area (Å²) in [6, 6.07) is 11.5. The zero-order valence-corrected chi connectivity index (χ0v) is 19.2. The molecule has 1 N–H and O–H groups in total. The molecule has 1 saturated heterocycles. The molecule has 3 aromatic rings. The average molecular weight is 474 g/mol. The Balaban J connectivity index is 1.46. The van der Waals surface area contributed by atoms with E-state index in [1.807, 2.05) is 6.92 Å². The SMILES string of the molecule is Cc1c(C#N)c(NC(=O)COC(=O)c2cccc(N3C(=O)CCC3=O)c2)n(Cc2ccco2)c1C. The number of benzene rings is 1. The second-order valence-corrected chi connectivity index (χ2v) is 8.01. The summed E-state index contributed by atoms with van der Waals surface area (Å²) in [6.07, 6.45) is 1.78. The number of aromatic nitrogens is 1. The molecule has 0 radical (unpaired) electrons. The summed E-state index contributed by atoms with van der Waals surface area (Å²) < 4.78 is 12.3. The molecule has 10 nitrogen and oxygen atoms in total. The van der Waals surface area contributed by atoms with Crippen molar-refractivity contribution in [3.63, 3.8) is 0 Å². The summed E-state index contributed by atoms with van der Waals surface area (Å²) in [4.78, 5) is 50.1. The van der Waals surface area contributed by atoms with E-state index in [9.17, 15) is 24.4 Å². The maximum atomic E-state index is 12.6. The Hall–Kier alpha value is -4.65. The molecule has 1 fully saturated rings. The molecule has 3 amide bonds. The van der Waals surface area contributed by atoms with E-state index in [-0.39, 0.29) is 41.7 Å². The van der Waals surface area contributed by atoms with Crippen molar-refractivity contribution in [1.82, 2.24) is 4.57 Å². The fraction of sp³-hybridized carbons (Fsp3) is 0.240. The van der Waals surface area contributed by atoms with Crippen molar-refractivity contribution in [2.45, 2.75) is 33.2 Å². The third kappa shape index (κ3) is 4.70. The third-order valence-electron chi connectivity index (χ3n) is 5.82. The van der Waals surface area contributed by atoms with E-state index in [2.05, 4.69) is 11.4 Å². The van der Waals surface area contributed by atoms with Crippen LogP contribution in [-0.2, 0) is 25.7 Å². The van der Waals surface area contributed by atoms with Crippen LogP contribution in [0.1, 0.15) is 45.8 Å². The van der Waals surface area contributed by atoms with Crippen LogP contribution in [0.4, 0.5) is 11.5 Å². The van der Waals surface area contributed by atoms with Gasteiger partial charge in [0.25, 0.3) is 5.91 Å². The Kier molecular flexibility index (Phi) is 6.51. The van der Waals surface area contributed by atoms with Gasteiger partial charge in [0.15, 0.2) is 6.61 Å². The molecule has 0 spiro atoms. The molecule has 1 aromatic carbocycles. The maximum Gasteiger partial charge on any atom is 0.338 e. The van der Waals surface area contributed by atoms with Crippen LogP contribution in [0.5, 0.6) is 0 Å². The van der Waals surface area contributed by atoms with Crippen LogP contribution >= 0.6 is 0 Å². The van der Waals surface area contributed by atoms with Crippen LogP contribution in [0.15, 0.2) is 47.1 Å². The summed E-state index contributed by atoms with van der Waals surface area (Å²) in [5.74, 6) is -1.17. The summed E-state index contributed by atoms with van der Waals surface area (Å²) in [5, 5.41) is 12.3. The summed E-state index contributed by atoms with van der Waals surface area (Å²) >= 11 is 0. The quantitative estimate of drug-likeness (QED) is 0.411. The number of nitrogens with zero attached hydrogens (tertiary/aromatic N) is 3. The minimum atomic E-state index is -0.792. The molecule has 0 atom stereocenters. The van der Waals surface area contributed by atoms with Crippen LogP contribution in [0.2, 0.25) is 0 Å². The molecule has 1 aliphatic rings. The fourth-order valence-corrected chi connectivity index (χ4v) is 3.91. The largest absolute Gasteiger partial charge is 0.467 e. The van der Waals surface area contributed by atoms with E-state index in [0.717, 1.165) is 10.6 Å². The van der Waals surface area contributed by atoms with Crippen LogP contribution in [-0.4, -0.2) is 34.9 Å². The van der Waals surface area contributed by atoms with E-state index in [0.29, 0.717) is 23.4 Å². The van der Waals surface area contributed by atoms with Crippen LogP contribution in [0.25, 0.3) is 0 Å². The number of amides is 3. The van der Waals surface area contributed by atoms with Crippen molar-refractivity contribution in [2.24, 2.45) is 0 Å². The van der Waals surface area contributed by atoms with Crippen LogP contribution < -0.4 is 10.2 Å². The Morgan fingerprint density at radius 1 is 1.14 bits per heavy atom. The predicted octanol–water partition coefficient (Wildman–Crippen LogP) is 3.07. The maximum absolute atomic E-state index is 12.6. The van der Waals surface area contributed by atoms with Crippen molar-refractivity contribution in [2.75, 3.05) is 16.8 Å². The lowest BCUT2D eigenvalue weighted by atomic mass is 10.2. The van der Waals surface area contributed by atoms with E-state index < -0.39 is 18.5 Å². The van der Waals surface area contributed by atoms with Crippen molar-refractivity contribution < 1.29 is 28.3 Å². The first-order chi connectivity index (χ1) is 16.8. The minimum Gasteiger partial charge on any atom is -0.467 e. The molecular formula is C25H22N4O6. The van der Waals surface area contributed by atoms with Gasteiger partial charge in [0.1, 0.15) is 17.6 Å². The van der Waals surface area contributed by atoms with Gasteiger partial charge in [-0.1, -0.05) is 6.07 Å². The zero-order chi connectivity index (χ0) is 25.1. The van der Waals surface area contributed by atoms with E-state index in [4.69, 9.17) is 9.15 Å². The number of nitriles is 1. The molecule has 0 aliphatic carbocycles. The first-order valence-electron chi connectivity index (χ1n) is 10.8. The van der Waals surface area contributed by atoms with Gasteiger partial charge in [0.05, 0.1) is 29.6 Å². The van der Waals surface area contributed by atoms with Gasteiger partial charge in [-0.05, 0) is 49.7 Å². The molecule has 0 unspecified atom stereocenters. The lowest BCUT2D eigenvalue weighted by Crippen LogP contribution is -2.28. The summed E-state index contributed by atoms with van der Waals surface area (Å²) in [5.41, 5.74) is 2.17. The van der Waals surface area contributed by atoms with Gasteiger partial charge >= 0.3 is 5.97 Å². The number of rotatable bonds is 7. The molecule has 1 aliphatic heterocycles. The molecule has 178 valence electrons. The molecule has 4 rings (SSSR count). The lowest BCUT2D eigenvalue weighted by molar-refractivity contribution is -0.121. The topological polar surface area (TPSA) is 135 Å². The van der Waals surface area contributed by atoms with Gasteiger partial charge in [-0.3, -0.25) is 19.3 Å². The van der Waals surface area contributed by atoms with Gasteiger partial charge in [-0.25, -0.2) is 4.79 Å². The van der Waals surface area contributed by atoms with Crippen molar-refractivity contribution >= 4 is 35.2 Å². The second kappa shape index (κ2) is 9.69. The predicted molar refractivity (Wildman–Crippen MR) is 124 cm³/mol. The molecule has 2 aromatic heterocycles. The smallest absolute Gasteiger partial charge is 0.338 e. The summed E-state index contributed by atoms with van der Waals surface area (Å²) in [6.45, 7) is 3.32. The normalized spacial score (nSPS) is 13.1. The Morgan fingerprint density at radius 3 is 2.54 bits per heavy atom. The van der Waals surface area contributed by atoms with Crippen molar-refractivity contribution in [3.05, 3.63) is 70.8 Å².